The Morgan fingerprint density at radius 2 is 2.05 bits per heavy atom. The van der Waals surface area contributed by atoms with Crippen LogP contribution < -0.4 is 0 Å². The highest BCUT2D eigenvalue weighted by Gasteiger charge is 2.22. The fourth-order valence-corrected chi connectivity index (χ4v) is 3.05. The third-order valence-corrected chi connectivity index (χ3v) is 4.39. The van der Waals surface area contributed by atoms with Gasteiger partial charge in [0.2, 0.25) is 0 Å². The van der Waals surface area contributed by atoms with Gasteiger partial charge in [-0.05, 0) is 70.3 Å². The molecule has 4 heteroatoms. The van der Waals surface area contributed by atoms with Crippen LogP contribution in [0.15, 0.2) is 18.3 Å². The Kier molecular flexibility index (Phi) is 3.74. The predicted octanol–water partition coefficient (Wildman–Crippen LogP) is 2.70. The molecule has 1 saturated heterocycles. The van der Waals surface area contributed by atoms with E-state index in [1.165, 1.54) is 31.5 Å². The van der Waals surface area contributed by atoms with E-state index < -0.39 is 0 Å². The van der Waals surface area contributed by atoms with Crippen LogP contribution in [0, 0.1) is 12.8 Å². The van der Waals surface area contributed by atoms with Crippen molar-refractivity contribution in [2.75, 3.05) is 13.1 Å². The molecule has 4 nitrogen and oxygen atoms in total. The van der Waals surface area contributed by atoms with E-state index in [9.17, 15) is 0 Å². The SMILES string of the molecule is Cc1ccn2nc(CC3CCN(C(C)C)CC3)nc2c1. The van der Waals surface area contributed by atoms with Crippen LogP contribution in [0.3, 0.4) is 0 Å². The zero-order valence-corrected chi connectivity index (χ0v) is 12.7. The molecule has 0 bridgehead atoms. The summed E-state index contributed by atoms with van der Waals surface area (Å²) >= 11 is 0. The molecule has 2 aromatic rings. The van der Waals surface area contributed by atoms with Crippen LogP contribution >= 0.6 is 0 Å². The Morgan fingerprint density at radius 1 is 1.30 bits per heavy atom. The third-order valence-electron chi connectivity index (χ3n) is 4.39. The van der Waals surface area contributed by atoms with Crippen molar-refractivity contribution in [3.8, 4) is 0 Å². The molecule has 0 aliphatic carbocycles. The van der Waals surface area contributed by atoms with Gasteiger partial charge in [-0.15, -0.1) is 0 Å². The van der Waals surface area contributed by atoms with E-state index in [1.807, 2.05) is 10.7 Å². The molecule has 1 fully saturated rings. The molecular weight excluding hydrogens is 248 g/mol. The largest absolute Gasteiger partial charge is 0.301 e. The number of fused-ring (bicyclic) bond motifs is 1. The van der Waals surface area contributed by atoms with Crippen molar-refractivity contribution in [3.05, 3.63) is 29.7 Å². The maximum Gasteiger partial charge on any atom is 0.155 e. The number of likely N-dealkylation sites (tertiary alicyclic amines) is 1. The molecule has 0 saturated carbocycles. The molecule has 0 spiro atoms. The molecule has 108 valence electrons. The Morgan fingerprint density at radius 3 is 2.75 bits per heavy atom. The number of aromatic nitrogens is 3. The second-order valence-corrected chi connectivity index (χ2v) is 6.31. The number of hydrogen-bond donors (Lipinski definition) is 0. The van der Waals surface area contributed by atoms with Crippen LogP contribution in [-0.4, -0.2) is 38.6 Å². The number of hydrogen-bond acceptors (Lipinski definition) is 3. The van der Waals surface area contributed by atoms with E-state index in [0.717, 1.165) is 23.8 Å². The van der Waals surface area contributed by atoms with Gasteiger partial charge in [0.25, 0.3) is 0 Å². The molecule has 3 rings (SSSR count). The lowest BCUT2D eigenvalue weighted by atomic mass is 9.93. The van der Waals surface area contributed by atoms with Crippen LogP contribution in [0.5, 0.6) is 0 Å². The van der Waals surface area contributed by atoms with Crippen molar-refractivity contribution < 1.29 is 0 Å². The summed E-state index contributed by atoms with van der Waals surface area (Å²) in [5.41, 5.74) is 2.21. The molecule has 20 heavy (non-hydrogen) atoms. The van der Waals surface area contributed by atoms with Gasteiger partial charge in [-0.25, -0.2) is 9.50 Å². The number of pyridine rings is 1. The standard InChI is InChI=1S/C16H24N4/c1-12(2)19-7-5-14(6-8-19)11-15-17-16-10-13(3)4-9-20(16)18-15/h4,9-10,12,14H,5-8,11H2,1-3H3. The summed E-state index contributed by atoms with van der Waals surface area (Å²) in [6, 6.07) is 4.84. The van der Waals surface area contributed by atoms with Gasteiger partial charge in [0.15, 0.2) is 11.5 Å². The number of rotatable bonds is 3. The minimum Gasteiger partial charge on any atom is -0.301 e. The van der Waals surface area contributed by atoms with Gasteiger partial charge in [-0.3, -0.25) is 0 Å². The first kappa shape index (κ1) is 13.6. The van der Waals surface area contributed by atoms with E-state index >= 15 is 0 Å². The summed E-state index contributed by atoms with van der Waals surface area (Å²) in [4.78, 5) is 7.23. The maximum absolute atomic E-state index is 4.66. The minimum absolute atomic E-state index is 0.673. The molecule has 1 aliphatic heterocycles. The quantitative estimate of drug-likeness (QED) is 0.861. The van der Waals surface area contributed by atoms with Crippen LogP contribution in [0.1, 0.15) is 38.1 Å². The van der Waals surface area contributed by atoms with Gasteiger partial charge < -0.3 is 4.90 Å². The fraction of sp³-hybridized carbons (Fsp3) is 0.625. The minimum atomic E-state index is 0.673. The molecule has 0 amide bonds. The molecule has 0 aromatic carbocycles. The average molecular weight is 272 g/mol. The summed E-state index contributed by atoms with van der Waals surface area (Å²) in [5.74, 6) is 1.74. The smallest absolute Gasteiger partial charge is 0.155 e. The van der Waals surface area contributed by atoms with Crippen LogP contribution in [0.4, 0.5) is 0 Å². The first-order valence-corrected chi connectivity index (χ1v) is 7.68. The zero-order valence-electron chi connectivity index (χ0n) is 12.7. The highest BCUT2D eigenvalue weighted by atomic mass is 15.3. The lowest BCUT2D eigenvalue weighted by molar-refractivity contribution is 0.148. The predicted molar refractivity (Wildman–Crippen MR) is 80.9 cm³/mol. The summed E-state index contributed by atoms with van der Waals surface area (Å²) in [6.07, 6.45) is 5.56. The van der Waals surface area contributed by atoms with Gasteiger partial charge in [0.1, 0.15) is 0 Å². The zero-order chi connectivity index (χ0) is 14.1. The van der Waals surface area contributed by atoms with Gasteiger partial charge in [-0.1, -0.05) is 0 Å². The highest BCUT2D eigenvalue weighted by molar-refractivity contribution is 5.39. The first-order chi connectivity index (χ1) is 9.61. The van der Waals surface area contributed by atoms with Crippen molar-refractivity contribution in [1.29, 1.82) is 0 Å². The Bertz CT molecular complexity index is 579. The average Bonchev–Trinajstić information content (AvgIpc) is 2.80. The van der Waals surface area contributed by atoms with Crippen molar-refractivity contribution >= 4 is 5.65 Å². The summed E-state index contributed by atoms with van der Waals surface area (Å²) < 4.78 is 1.89. The molecule has 0 radical (unpaired) electrons. The molecule has 0 atom stereocenters. The van der Waals surface area contributed by atoms with Crippen molar-refractivity contribution in [1.82, 2.24) is 19.5 Å². The molecule has 2 aromatic heterocycles. The summed E-state index contributed by atoms with van der Waals surface area (Å²) in [5, 5.41) is 4.59. The van der Waals surface area contributed by atoms with E-state index in [-0.39, 0.29) is 0 Å². The van der Waals surface area contributed by atoms with E-state index in [2.05, 4.69) is 47.9 Å². The normalized spacial score (nSPS) is 18.2. The Hall–Kier alpha value is -1.42. The molecule has 3 heterocycles. The van der Waals surface area contributed by atoms with Crippen LogP contribution in [0.25, 0.3) is 5.65 Å². The lowest BCUT2D eigenvalue weighted by Gasteiger charge is -2.34. The monoisotopic (exact) mass is 272 g/mol. The maximum atomic E-state index is 4.66. The molecule has 0 N–H and O–H groups in total. The van der Waals surface area contributed by atoms with E-state index in [1.54, 1.807) is 0 Å². The number of aryl methyl sites for hydroxylation is 1. The number of nitrogens with zero attached hydrogens (tertiary/aromatic N) is 4. The van der Waals surface area contributed by atoms with E-state index in [0.29, 0.717) is 6.04 Å². The Labute approximate surface area is 120 Å². The topological polar surface area (TPSA) is 33.4 Å². The Balaban J connectivity index is 1.65. The third kappa shape index (κ3) is 2.85. The van der Waals surface area contributed by atoms with Gasteiger partial charge in [0, 0.05) is 18.7 Å². The fourth-order valence-electron chi connectivity index (χ4n) is 3.05. The van der Waals surface area contributed by atoms with Crippen molar-refractivity contribution in [3.63, 3.8) is 0 Å². The second kappa shape index (κ2) is 5.52. The summed E-state index contributed by atoms with van der Waals surface area (Å²) in [6.45, 7) is 9.10. The first-order valence-electron chi connectivity index (χ1n) is 7.68. The van der Waals surface area contributed by atoms with Gasteiger partial charge >= 0.3 is 0 Å². The van der Waals surface area contributed by atoms with Crippen molar-refractivity contribution in [2.24, 2.45) is 5.92 Å². The lowest BCUT2D eigenvalue weighted by Crippen LogP contribution is -2.38. The van der Waals surface area contributed by atoms with E-state index in [4.69, 9.17) is 0 Å². The summed E-state index contributed by atoms with van der Waals surface area (Å²) in [7, 11) is 0. The molecule has 0 unspecified atom stereocenters. The molecular formula is C16H24N4. The van der Waals surface area contributed by atoms with Gasteiger partial charge in [0.05, 0.1) is 0 Å². The van der Waals surface area contributed by atoms with Crippen LogP contribution in [-0.2, 0) is 6.42 Å². The highest BCUT2D eigenvalue weighted by Crippen LogP contribution is 2.22. The van der Waals surface area contributed by atoms with Crippen molar-refractivity contribution in [2.45, 2.75) is 46.1 Å². The molecule has 1 aliphatic rings. The van der Waals surface area contributed by atoms with Gasteiger partial charge in [-0.2, -0.15) is 5.10 Å². The second-order valence-electron chi connectivity index (χ2n) is 6.31. The number of piperidine rings is 1. The van der Waals surface area contributed by atoms with Crippen LogP contribution in [0.2, 0.25) is 0 Å².